The molecule has 10 heteroatoms. The van der Waals surface area contributed by atoms with Crippen LogP contribution < -0.4 is 15.4 Å². The summed E-state index contributed by atoms with van der Waals surface area (Å²) in [5.41, 5.74) is 7.17. The van der Waals surface area contributed by atoms with Crippen LogP contribution in [0.15, 0.2) is 53.8 Å². The van der Waals surface area contributed by atoms with Crippen molar-refractivity contribution in [2.45, 2.75) is 17.9 Å². The predicted molar refractivity (Wildman–Crippen MR) is 119 cm³/mol. The number of aromatic nitrogens is 2. The number of anilines is 1. The Labute approximate surface area is 193 Å². The molecule has 0 saturated carbocycles. The van der Waals surface area contributed by atoms with Gasteiger partial charge in [0.15, 0.2) is 5.75 Å². The molecule has 0 amide bonds. The van der Waals surface area contributed by atoms with Gasteiger partial charge in [0, 0.05) is 35.9 Å². The van der Waals surface area contributed by atoms with Crippen molar-refractivity contribution in [2.75, 3.05) is 31.2 Å². The Bertz CT molecular complexity index is 1330. The molecule has 0 bridgehead atoms. The van der Waals surface area contributed by atoms with E-state index >= 15 is 0 Å². The summed E-state index contributed by atoms with van der Waals surface area (Å²) < 4.78 is 54.1. The van der Waals surface area contributed by atoms with E-state index in [9.17, 15) is 13.2 Å². The number of hydrogen-bond acceptors (Lipinski definition) is 7. The van der Waals surface area contributed by atoms with Gasteiger partial charge < -0.3 is 20.1 Å². The number of rotatable bonds is 2. The Morgan fingerprint density at radius 2 is 1.91 bits per heavy atom. The number of nitrogens with two attached hydrogens (primary N) is 1. The number of hydrogen-bond donors (Lipinski definition) is 1. The molecule has 7 nitrogen and oxygen atoms in total. The number of halogens is 3. The fraction of sp³-hybridized carbons (Fsp3) is 0.292. The van der Waals surface area contributed by atoms with Crippen LogP contribution in [0.2, 0.25) is 0 Å². The largest absolute Gasteiger partial charge is 0.455 e. The summed E-state index contributed by atoms with van der Waals surface area (Å²) in [5, 5.41) is 0. The van der Waals surface area contributed by atoms with E-state index < -0.39 is 24.0 Å². The number of ether oxygens (including phenoxy) is 2. The number of fused-ring (bicyclic) bond motifs is 4. The second kappa shape index (κ2) is 7.42. The molecular formula is C24H20F3N5O2. The molecule has 2 aromatic heterocycles. The number of nitrogens with zero attached hydrogens (tertiary/aromatic N) is 4. The van der Waals surface area contributed by atoms with Gasteiger partial charge in [-0.05, 0) is 35.9 Å². The number of alkyl halides is 2. The Kier molecular flexibility index (Phi) is 4.57. The molecule has 3 aliphatic rings. The van der Waals surface area contributed by atoms with Crippen molar-refractivity contribution in [1.29, 1.82) is 0 Å². The number of amidine groups is 1. The van der Waals surface area contributed by atoms with Gasteiger partial charge in [-0.15, -0.1) is 0 Å². The van der Waals surface area contributed by atoms with Gasteiger partial charge in [0.1, 0.15) is 29.5 Å². The Balaban J connectivity index is 1.52. The van der Waals surface area contributed by atoms with Crippen LogP contribution in [0.25, 0.3) is 11.1 Å². The summed E-state index contributed by atoms with van der Waals surface area (Å²) in [5.74, 6) is -1.74. The fourth-order valence-electron chi connectivity index (χ4n) is 4.80. The Morgan fingerprint density at radius 3 is 2.68 bits per heavy atom. The first kappa shape index (κ1) is 20.9. The van der Waals surface area contributed by atoms with Crippen LogP contribution in [0.5, 0.6) is 11.5 Å². The van der Waals surface area contributed by atoms with Gasteiger partial charge in [0.05, 0.1) is 19.3 Å². The quantitative estimate of drug-likeness (QED) is 0.576. The lowest BCUT2D eigenvalue weighted by atomic mass is 9.80. The summed E-state index contributed by atoms with van der Waals surface area (Å²) in [4.78, 5) is 14.5. The predicted octanol–water partition coefficient (Wildman–Crippen LogP) is 3.86. The van der Waals surface area contributed by atoms with Crippen LogP contribution in [0.1, 0.15) is 17.5 Å². The van der Waals surface area contributed by atoms with Gasteiger partial charge in [-0.3, -0.25) is 4.99 Å². The minimum Gasteiger partial charge on any atom is -0.455 e. The number of aliphatic imine (C=N–C) groups is 1. The highest BCUT2D eigenvalue weighted by atomic mass is 19.3. The van der Waals surface area contributed by atoms with Crippen molar-refractivity contribution >= 4 is 11.7 Å². The van der Waals surface area contributed by atoms with E-state index in [1.165, 1.54) is 12.4 Å². The molecule has 3 aliphatic heterocycles. The third kappa shape index (κ3) is 3.28. The summed E-state index contributed by atoms with van der Waals surface area (Å²) in [6, 6.07) is 10.3. The second-order valence-electron chi connectivity index (χ2n) is 8.68. The van der Waals surface area contributed by atoms with Gasteiger partial charge in [-0.1, -0.05) is 6.07 Å². The van der Waals surface area contributed by atoms with Crippen LogP contribution in [-0.4, -0.2) is 48.0 Å². The second-order valence-corrected chi connectivity index (χ2v) is 8.68. The molecule has 0 aliphatic carbocycles. The van der Waals surface area contributed by atoms with Crippen molar-refractivity contribution in [1.82, 2.24) is 9.97 Å². The highest BCUT2D eigenvalue weighted by Gasteiger charge is 2.46. The van der Waals surface area contributed by atoms with Gasteiger partial charge in [0.25, 0.3) is 5.92 Å². The van der Waals surface area contributed by atoms with Crippen LogP contribution >= 0.6 is 0 Å². The van der Waals surface area contributed by atoms with E-state index in [0.29, 0.717) is 39.6 Å². The molecule has 1 fully saturated rings. The maximum atomic E-state index is 14.4. The highest BCUT2D eigenvalue weighted by molar-refractivity contribution is 5.84. The molecule has 3 aromatic rings. The fourth-order valence-corrected chi connectivity index (χ4v) is 4.80. The average Bonchev–Trinajstić information content (AvgIpc) is 3.19. The first-order chi connectivity index (χ1) is 16.3. The summed E-state index contributed by atoms with van der Waals surface area (Å²) in [6.07, 6.45) is 2.67. The van der Waals surface area contributed by atoms with E-state index in [1.54, 1.807) is 41.3 Å². The van der Waals surface area contributed by atoms with Gasteiger partial charge in [-0.2, -0.15) is 4.39 Å². The monoisotopic (exact) mass is 467 g/mol. The molecule has 1 aromatic carbocycles. The maximum absolute atomic E-state index is 14.4. The zero-order chi connectivity index (χ0) is 23.5. The van der Waals surface area contributed by atoms with Crippen molar-refractivity contribution in [3.63, 3.8) is 0 Å². The SMILES string of the molecule is NC1=NC2(COC1)c1cc(-c3cccnc3F)ccc1Oc1cnc(N3CCC(F)(F)C3)cc12. The summed E-state index contributed by atoms with van der Waals surface area (Å²) >= 11 is 0. The number of pyridine rings is 2. The zero-order valence-corrected chi connectivity index (χ0v) is 18.0. The van der Waals surface area contributed by atoms with Crippen molar-refractivity contribution in [2.24, 2.45) is 10.7 Å². The van der Waals surface area contributed by atoms with E-state index in [0.717, 1.165) is 0 Å². The highest BCUT2D eigenvalue weighted by Crippen LogP contribution is 2.51. The molecule has 2 N–H and O–H groups in total. The topological polar surface area (TPSA) is 85.9 Å². The molecule has 6 rings (SSSR count). The van der Waals surface area contributed by atoms with Crippen LogP contribution in [-0.2, 0) is 10.3 Å². The van der Waals surface area contributed by atoms with E-state index in [1.807, 2.05) is 0 Å². The molecule has 1 unspecified atom stereocenters. The van der Waals surface area contributed by atoms with Crippen LogP contribution in [0.3, 0.4) is 0 Å². The first-order valence-corrected chi connectivity index (χ1v) is 10.8. The molecule has 174 valence electrons. The van der Waals surface area contributed by atoms with Gasteiger partial charge in [-0.25, -0.2) is 18.7 Å². The van der Waals surface area contributed by atoms with Crippen molar-refractivity contribution in [3.8, 4) is 22.6 Å². The lowest BCUT2D eigenvalue weighted by molar-refractivity contribution is 0.0256. The molecule has 5 heterocycles. The van der Waals surface area contributed by atoms with E-state index in [4.69, 9.17) is 20.2 Å². The molecule has 1 saturated heterocycles. The summed E-state index contributed by atoms with van der Waals surface area (Å²) in [7, 11) is 0. The lowest BCUT2D eigenvalue weighted by Gasteiger charge is -2.39. The Hall–Kier alpha value is -3.66. The molecular weight excluding hydrogens is 447 g/mol. The maximum Gasteiger partial charge on any atom is 0.266 e. The minimum atomic E-state index is -2.77. The molecule has 1 spiro atoms. The van der Waals surface area contributed by atoms with E-state index in [2.05, 4.69) is 9.97 Å². The van der Waals surface area contributed by atoms with E-state index in [-0.39, 0.29) is 32.0 Å². The molecule has 34 heavy (non-hydrogen) atoms. The zero-order valence-electron chi connectivity index (χ0n) is 18.0. The minimum absolute atomic E-state index is 0.148. The van der Waals surface area contributed by atoms with Crippen LogP contribution in [0.4, 0.5) is 19.0 Å². The third-order valence-electron chi connectivity index (χ3n) is 6.40. The van der Waals surface area contributed by atoms with Gasteiger partial charge in [0.2, 0.25) is 5.95 Å². The Morgan fingerprint density at radius 1 is 1.06 bits per heavy atom. The van der Waals surface area contributed by atoms with Crippen molar-refractivity contribution < 1.29 is 22.6 Å². The smallest absolute Gasteiger partial charge is 0.266 e. The van der Waals surface area contributed by atoms with Crippen molar-refractivity contribution in [3.05, 3.63) is 65.9 Å². The van der Waals surface area contributed by atoms with Crippen LogP contribution in [0, 0.1) is 5.95 Å². The summed E-state index contributed by atoms with van der Waals surface area (Å²) in [6.45, 7) is 0.0985. The third-order valence-corrected chi connectivity index (χ3v) is 6.40. The van der Waals surface area contributed by atoms with Gasteiger partial charge >= 0.3 is 0 Å². The normalized spacial score (nSPS) is 22.7. The average molecular weight is 467 g/mol. The lowest BCUT2D eigenvalue weighted by Crippen LogP contribution is -2.42. The molecule has 1 atom stereocenters. The molecule has 0 radical (unpaired) electrons. The standard InChI is InChI=1S/C24H20F3N5O2/c25-22-15(2-1-6-29-22)14-3-4-18-16(8-14)24(13-33-11-20(28)31-24)17-9-21(30-10-19(17)34-18)32-7-5-23(26,27)12-32/h1-4,6,8-10H,5,7,11-13H2,(H2,28,31). The first-order valence-electron chi connectivity index (χ1n) is 10.8. The number of benzene rings is 1.